The molecule has 2 aliphatic rings. The van der Waals surface area contributed by atoms with Crippen LogP contribution >= 0.6 is 35.2 Å². The summed E-state index contributed by atoms with van der Waals surface area (Å²) in [6.07, 6.45) is -7.58. The minimum absolute atomic E-state index is 0.00810. The number of fused-ring (bicyclic) bond motifs is 2. The first-order valence-corrected chi connectivity index (χ1v) is 30.6. The number of amides is 4. The predicted octanol–water partition coefficient (Wildman–Crippen LogP) is 3.31. The number of aliphatic hydroxyl groups is 2. The summed E-state index contributed by atoms with van der Waals surface area (Å²) in [4.78, 5) is 132. The molecule has 8 atom stereocenters. The average Bonchev–Trinajstić information content (AvgIpc) is 3.58. The van der Waals surface area contributed by atoms with Crippen molar-refractivity contribution in [1.29, 1.82) is 0 Å². The first-order chi connectivity index (χ1) is 38.7. The van der Waals surface area contributed by atoms with E-state index in [1.165, 1.54) is 26.0 Å². The number of aliphatic hydroxyl groups excluding tert-OH is 2. The van der Waals surface area contributed by atoms with Crippen molar-refractivity contribution in [2.24, 2.45) is 11.3 Å². The molecular weight excluding hydrogens is 1160 g/mol. The largest absolute Gasteiger partial charge is 0.494 e. The van der Waals surface area contributed by atoms with Gasteiger partial charge in [0.05, 0.1) is 37.3 Å². The first-order valence-electron chi connectivity index (χ1n) is 25.0. The van der Waals surface area contributed by atoms with E-state index in [1.807, 2.05) is 31.2 Å². The lowest BCUT2D eigenvalue weighted by atomic mass is 9.87. The Morgan fingerprint density at radius 3 is 2.13 bits per heavy atom. The summed E-state index contributed by atoms with van der Waals surface area (Å²) in [7, 11) is -16.6. The van der Waals surface area contributed by atoms with Gasteiger partial charge >= 0.3 is 23.5 Å². The highest BCUT2D eigenvalue weighted by molar-refractivity contribution is 8.13. The molecule has 8 unspecified atom stereocenters. The third kappa shape index (κ3) is 16.3. The molecule has 1 fully saturated rings. The van der Waals surface area contributed by atoms with Crippen LogP contribution in [-0.4, -0.2) is 158 Å². The van der Waals surface area contributed by atoms with Gasteiger partial charge in [0, 0.05) is 55.1 Å². The minimum atomic E-state index is -5.65. The number of carbonyl (C=O) groups excluding carboxylic acids is 6. The molecule has 82 heavy (non-hydrogen) atoms. The van der Waals surface area contributed by atoms with Crippen LogP contribution < -0.4 is 21.1 Å². The Balaban J connectivity index is 0.847. The number of anilines is 1. The Kier molecular flexibility index (Phi) is 20.9. The van der Waals surface area contributed by atoms with Crippen LogP contribution in [0.3, 0.4) is 0 Å². The third-order valence-electron chi connectivity index (χ3n) is 12.8. The minimum Gasteiger partial charge on any atom is -0.494 e. The number of phosphoric acid groups is 3. The number of Topliss-reactive ketones (excluding diaryl/α,β-unsaturated/α-hetero) is 1. The highest BCUT2D eigenvalue weighted by atomic mass is 32.2. The van der Waals surface area contributed by atoms with E-state index in [1.54, 1.807) is 36.4 Å². The van der Waals surface area contributed by atoms with Gasteiger partial charge in [0.2, 0.25) is 11.8 Å². The number of ether oxygens (including phenoxy) is 2. The van der Waals surface area contributed by atoms with Gasteiger partial charge in [-0.15, -0.1) is 0 Å². The van der Waals surface area contributed by atoms with Crippen LogP contribution in [0.25, 0.3) is 22.3 Å². The molecule has 442 valence electrons. The number of nitrogen functional groups attached to an aromatic ring is 1. The highest BCUT2D eigenvalue weighted by Crippen LogP contribution is 2.61. The van der Waals surface area contributed by atoms with Gasteiger partial charge in [0.25, 0.3) is 11.8 Å². The number of phosphoric ester groups is 3. The van der Waals surface area contributed by atoms with Crippen LogP contribution in [0.5, 0.6) is 5.75 Å². The fraction of sp³-hybridized carbons (Fsp3) is 0.408. The van der Waals surface area contributed by atoms with Crippen molar-refractivity contribution in [2.75, 3.05) is 50.9 Å². The summed E-state index contributed by atoms with van der Waals surface area (Å²) in [5, 5.41) is 26.3. The maximum absolute atomic E-state index is 13.7. The molecule has 7 rings (SSSR count). The number of nitrogens with two attached hydrogens (primary N) is 1. The summed E-state index contributed by atoms with van der Waals surface area (Å²) < 4.78 is 68.3. The summed E-state index contributed by atoms with van der Waals surface area (Å²) >= 11 is 0.840. The number of nitrogens with one attached hydrogen (secondary N) is 2. The van der Waals surface area contributed by atoms with Gasteiger partial charge in [-0.2, -0.15) is 4.31 Å². The van der Waals surface area contributed by atoms with Crippen LogP contribution in [0.1, 0.15) is 77.3 Å². The molecule has 2 aliphatic heterocycles. The monoisotopic (exact) mass is 1220 g/mol. The van der Waals surface area contributed by atoms with Gasteiger partial charge < -0.3 is 55.6 Å². The van der Waals surface area contributed by atoms with E-state index in [-0.39, 0.29) is 78.5 Å². The van der Waals surface area contributed by atoms with Crippen LogP contribution in [0.2, 0.25) is 0 Å². The molecule has 1 saturated heterocycles. The van der Waals surface area contributed by atoms with Crippen LogP contribution in [-0.2, 0) is 50.7 Å². The molecule has 3 aromatic carbocycles. The zero-order chi connectivity index (χ0) is 59.7. The molecule has 0 saturated carbocycles. The molecule has 29 nitrogen and oxygen atoms in total. The number of aromatic nitrogens is 4. The molecule has 0 radical (unpaired) electrons. The number of thioether (sulfide) groups is 1. The Bertz CT molecular complexity index is 3280. The maximum atomic E-state index is 13.7. The van der Waals surface area contributed by atoms with Gasteiger partial charge in [-0.3, -0.25) is 51.8 Å². The predicted molar refractivity (Wildman–Crippen MR) is 289 cm³/mol. The van der Waals surface area contributed by atoms with Crippen molar-refractivity contribution in [3.8, 4) is 16.9 Å². The second-order valence-corrected chi connectivity index (χ2v) is 24.5. The molecule has 10 N–H and O–H groups in total. The number of ketones is 1. The number of imidazole rings is 1. The van der Waals surface area contributed by atoms with Crippen LogP contribution in [0, 0.1) is 11.3 Å². The Morgan fingerprint density at radius 2 is 1.50 bits per heavy atom. The van der Waals surface area contributed by atoms with Crippen molar-refractivity contribution < 1.29 is 99.6 Å². The quantitative estimate of drug-likeness (QED) is 0.0143. The zero-order valence-electron chi connectivity index (χ0n) is 44.0. The highest BCUT2D eigenvalue weighted by Gasteiger charge is 2.50. The van der Waals surface area contributed by atoms with Gasteiger partial charge in [0.1, 0.15) is 42.0 Å². The molecule has 4 amide bonds. The van der Waals surface area contributed by atoms with Crippen molar-refractivity contribution in [1.82, 2.24) is 35.1 Å². The van der Waals surface area contributed by atoms with Crippen LogP contribution in [0.4, 0.5) is 5.82 Å². The lowest BCUT2D eigenvalue weighted by Crippen LogP contribution is -2.46. The van der Waals surface area contributed by atoms with Gasteiger partial charge in [-0.25, -0.2) is 28.6 Å². The molecule has 0 spiro atoms. The Labute approximate surface area is 471 Å². The molecule has 0 bridgehead atoms. The van der Waals surface area contributed by atoms with Crippen molar-refractivity contribution in [3.63, 3.8) is 0 Å². The maximum Gasteiger partial charge on any atom is 0.481 e. The third-order valence-corrected chi connectivity index (χ3v) is 16.9. The fourth-order valence-corrected chi connectivity index (χ4v) is 12.2. The lowest BCUT2D eigenvalue weighted by Gasteiger charge is -2.30. The summed E-state index contributed by atoms with van der Waals surface area (Å²) in [5.74, 6) is -3.21. The Morgan fingerprint density at radius 1 is 0.866 bits per heavy atom. The summed E-state index contributed by atoms with van der Waals surface area (Å²) in [6, 6.07) is 20.7. The average molecular weight is 1220 g/mol. The SMILES string of the molecule is CCOc1ccc(-c2ccc(C(=O)CC(CCN3C(=O)c4ccccc4C3=O)C(=O)SCCNC(=O)CCNC(=O)C(O)C(C)(C)COP(=O)(O)OP(=O)(O)OCC3OC(n4cnc5c(N)ncnc54)C(O)C3OP(=O)(O)O)cc2)cc1. The van der Waals surface area contributed by atoms with Gasteiger partial charge in [-0.1, -0.05) is 74.1 Å². The second-order valence-electron chi connectivity index (χ2n) is 19.2. The number of carbonyl (C=O) groups is 6. The van der Waals surface area contributed by atoms with E-state index in [9.17, 15) is 72.2 Å². The van der Waals surface area contributed by atoms with Gasteiger partial charge in [-0.05, 0) is 48.7 Å². The topological polar surface area (TPSA) is 427 Å². The number of hydrogen-bond acceptors (Lipinski definition) is 22. The molecule has 2 aromatic heterocycles. The molecule has 5 aromatic rings. The number of benzene rings is 3. The number of imide groups is 1. The Hall–Kier alpha value is -6.17. The standard InChI is InChI=1S/C49H59N8O21P3S/c1-4-73-32-15-13-29(14-16-32)28-9-11-30(12-10-28)35(58)23-31(18-21-56-45(63)33-7-5-6-8-34(33)46(56)64)48(65)82-22-20-51-37(59)17-19-52-44(62)41(61)49(2,3)25-75-81(71,72)78-80(69,70)74-24-36-40(77-79(66,67)68)39(60)47(76-36)57-27-55-38-42(50)53-26-54-43(38)57/h5-16,26-27,31,36,39-41,47,60-61H,4,17-25H2,1-3H3,(H,51,59)(H,52,62)(H,69,70)(H,71,72)(H2,50,53,54)(H2,66,67,68). The normalized spacial score (nSPS) is 19.5. The number of nitrogens with zero attached hydrogens (tertiary/aromatic N) is 5. The smallest absolute Gasteiger partial charge is 0.481 e. The summed E-state index contributed by atoms with van der Waals surface area (Å²) in [5.41, 5.74) is 6.72. The summed E-state index contributed by atoms with van der Waals surface area (Å²) in [6.45, 7) is 2.24. The van der Waals surface area contributed by atoms with E-state index in [2.05, 4.69) is 34.4 Å². The number of rotatable bonds is 29. The van der Waals surface area contributed by atoms with Gasteiger partial charge in [0.15, 0.2) is 28.6 Å². The molecule has 33 heteroatoms. The van der Waals surface area contributed by atoms with Crippen molar-refractivity contribution in [2.45, 2.75) is 70.7 Å². The lowest BCUT2D eigenvalue weighted by molar-refractivity contribution is -0.137. The zero-order valence-corrected chi connectivity index (χ0v) is 47.5. The van der Waals surface area contributed by atoms with E-state index in [4.69, 9.17) is 24.3 Å². The molecule has 4 heterocycles. The fourth-order valence-electron chi connectivity index (χ4n) is 8.53. The second kappa shape index (κ2) is 27.0. The number of hydrogen-bond donors (Lipinski definition) is 9. The van der Waals surface area contributed by atoms with Crippen LogP contribution in [0.15, 0.2) is 85.5 Å². The van der Waals surface area contributed by atoms with Crippen molar-refractivity contribution >= 4 is 86.7 Å². The molecule has 0 aliphatic carbocycles. The first kappa shape index (κ1) is 63.4. The van der Waals surface area contributed by atoms with Crippen molar-refractivity contribution in [3.05, 3.63) is 102 Å². The van der Waals surface area contributed by atoms with E-state index in [0.717, 1.165) is 45.0 Å². The molecular formula is C49H59N8O21P3S. The van der Waals surface area contributed by atoms with E-state index in [0.29, 0.717) is 17.9 Å². The van der Waals surface area contributed by atoms with E-state index < -0.39 is 107 Å². The van der Waals surface area contributed by atoms with E-state index >= 15 is 0 Å².